The Morgan fingerprint density at radius 2 is 1.65 bits per heavy atom. The topological polar surface area (TPSA) is 0 Å². The zero-order valence-corrected chi connectivity index (χ0v) is 12.7. The first-order valence-corrected chi connectivity index (χ1v) is 8.03. The minimum Gasteiger partial charge on any atom is -0.171 e. The summed E-state index contributed by atoms with van der Waals surface area (Å²) < 4.78 is 38.6. The summed E-state index contributed by atoms with van der Waals surface area (Å²) in [6, 6.07) is 16.3. The van der Waals surface area contributed by atoms with Crippen LogP contribution >= 0.6 is 0 Å². The first-order chi connectivity index (χ1) is 11.0. The number of hydrogen-bond donors (Lipinski definition) is 0. The molecule has 0 aromatic heterocycles. The smallest absolute Gasteiger partial charge is 0.171 e. The maximum atomic E-state index is 12.9. The van der Waals surface area contributed by atoms with E-state index in [-0.39, 0.29) is 0 Å². The van der Waals surface area contributed by atoms with Crippen molar-refractivity contribution in [3.8, 4) is 0 Å². The molecule has 0 fully saturated rings. The number of halogens is 3. The summed E-state index contributed by atoms with van der Waals surface area (Å²) in [5.74, 6) is -0.394. The molecule has 0 spiro atoms. The van der Waals surface area contributed by atoms with Crippen LogP contribution in [-0.4, -0.2) is 6.18 Å². The lowest BCUT2D eigenvalue weighted by molar-refractivity contribution is -0.139. The number of aryl methyl sites for hydroxylation is 1. The predicted octanol–water partition coefficient (Wildman–Crippen LogP) is 6.37. The van der Waals surface area contributed by atoms with E-state index in [9.17, 15) is 13.2 Å². The lowest BCUT2D eigenvalue weighted by Crippen LogP contribution is -2.18. The summed E-state index contributed by atoms with van der Waals surface area (Å²) in [5, 5.41) is 4.61. The van der Waals surface area contributed by atoms with E-state index in [0.29, 0.717) is 6.42 Å². The van der Waals surface area contributed by atoms with Gasteiger partial charge in [0.1, 0.15) is 0 Å². The Morgan fingerprint density at radius 3 is 2.48 bits per heavy atom. The molecule has 0 amide bonds. The minimum absolute atomic E-state index is 0.394. The van der Waals surface area contributed by atoms with E-state index in [4.69, 9.17) is 0 Å². The lowest BCUT2D eigenvalue weighted by atomic mass is 9.78. The molecule has 0 heterocycles. The molecule has 4 rings (SSSR count). The van der Waals surface area contributed by atoms with Crippen molar-refractivity contribution in [2.45, 2.75) is 37.8 Å². The molecule has 1 atom stereocenters. The zero-order valence-electron chi connectivity index (χ0n) is 12.7. The fourth-order valence-electron chi connectivity index (χ4n) is 4.00. The molecule has 23 heavy (non-hydrogen) atoms. The molecule has 0 saturated carbocycles. The Bertz CT molecular complexity index is 877. The Morgan fingerprint density at radius 1 is 0.870 bits per heavy atom. The molecule has 3 aromatic rings. The quantitative estimate of drug-likeness (QED) is 0.458. The van der Waals surface area contributed by atoms with Crippen LogP contribution in [0, 0.1) is 0 Å². The number of alkyl halides is 3. The van der Waals surface area contributed by atoms with Gasteiger partial charge in [-0.15, -0.1) is 0 Å². The van der Waals surface area contributed by atoms with Gasteiger partial charge in [-0.05, 0) is 57.9 Å². The third-order valence-corrected chi connectivity index (χ3v) is 4.97. The molecule has 0 nitrogen and oxygen atoms in total. The predicted molar refractivity (Wildman–Crippen MR) is 87.8 cm³/mol. The normalized spacial score (nSPS) is 18.3. The fraction of sp³-hybridized carbons (Fsp3) is 0.300. The highest BCUT2D eigenvalue weighted by Crippen LogP contribution is 2.42. The van der Waals surface area contributed by atoms with Crippen LogP contribution in [0.2, 0.25) is 0 Å². The molecule has 0 radical (unpaired) electrons. The van der Waals surface area contributed by atoms with Crippen LogP contribution in [0.3, 0.4) is 0 Å². The van der Waals surface area contributed by atoms with Gasteiger partial charge in [-0.2, -0.15) is 13.2 Å². The second-order valence-electron chi connectivity index (χ2n) is 6.42. The summed E-state index contributed by atoms with van der Waals surface area (Å²) in [6.07, 6.45) is -2.47. The second-order valence-corrected chi connectivity index (χ2v) is 6.42. The molecule has 1 aliphatic carbocycles. The monoisotopic (exact) mass is 314 g/mol. The van der Waals surface area contributed by atoms with Crippen LogP contribution in [0.15, 0.2) is 48.5 Å². The molecule has 1 unspecified atom stereocenters. The molecule has 3 aromatic carbocycles. The van der Waals surface area contributed by atoms with Crippen LogP contribution in [0.5, 0.6) is 0 Å². The van der Waals surface area contributed by atoms with Crippen molar-refractivity contribution >= 4 is 21.5 Å². The second kappa shape index (κ2) is 5.26. The van der Waals surface area contributed by atoms with E-state index in [1.54, 1.807) is 0 Å². The molecule has 0 N–H and O–H groups in total. The standard InChI is InChI=1S/C20H17F3/c21-20(22,23)12-14-5-3-7-17-16(14)10-11-18-15-6-2-1-4-13(15)8-9-19(17)18/h1-2,4,6,8-11,14H,3,5,7,12H2. The van der Waals surface area contributed by atoms with E-state index in [1.807, 2.05) is 24.3 Å². The molecule has 3 heteroatoms. The van der Waals surface area contributed by atoms with Crippen molar-refractivity contribution in [3.63, 3.8) is 0 Å². The Labute approximate surface area is 132 Å². The number of hydrogen-bond acceptors (Lipinski definition) is 0. The lowest BCUT2D eigenvalue weighted by Gasteiger charge is -2.27. The van der Waals surface area contributed by atoms with Crippen molar-refractivity contribution in [1.82, 2.24) is 0 Å². The SMILES string of the molecule is FC(F)(F)CC1CCCc2c1ccc1c2ccc2ccccc21. The average Bonchev–Trinajstić information content (AvgIpc) is 2.53. The van der Waals surface area contributed by atoms with Crippen molar-refractivity contribution < 1.29 is 13.2 Å². The van der Waals surface area contributed by atoms with E-state index in [0.717, 1.165) is 34.7 Å². The van der Waals surface area contributed by atoms with Gasteiger partial charge in [-0.25, -0.2) is 0 Å². The van der Waals surface area contributed by atoms with Gasteiger partial charge >= 0.3 is 6.18 Å². The van der Waals surface area contributed by atoms with E-state index in [2.05, 4.69) is 24.3 Å². The van der Waals surface area contributed by atoms with Gasteiger partial charge in [-0.1, -0.05) is 48.5 Å². The first-order valence-electron chi connectivity index (χ1n) is 8.03. The highest BCUT2D eigenvalue weighted by atomic mass is 19.4. The van der Waals surface area contributed by atoms with Gasteiger partial charge in [0.25, 0.3) is 0 Å². The minimum atomic E-state index is -4.10. The average molecular weight is 314 g/mol. The van der Waals surface area contributed by atoms with Gasteiger partial charge in [0.2, 0.25) is 0 Å². The summed E-state index contributed by atoms with van der Waals surface area (Å²) in [4.78, 5) is 0. The molecular weight excluding hydrogens is 297 g/mol. The summed E-state index contributed by atoms with van der Waals surface area (Å²) in [5.41, 5.74) is 2.02. The highest BCUT2D eigenvalue weighted by molar-refractivity contribution is 6.08. The number of benzene rings is 3. The van der Waals surface area contributed by atoms with Crippen molar-refractivity contribution in [2.75, 3.05) is 0 Å². The Balaban J connectivity index is 1.91. The Hall–Kier alpha value is -2.03. The third-order valence-electron chi connectivity index (χ3n) is 4.97. The maximum Gasteiger partial charge on any atom is 0.389 e. The summed E-state index contributed by atoms with van der Waals surface area (Å²) in [7, 11) is 0. The van der Waals surface area contributed by atoms with Crippen molar-refractivity contribution in [2.24, 2.45) is 0 Å². The number of fused-ring (bicyclic) bond motifs is 5. The Kier molecular flexibility index (Phi) is 3.33. The van der Waals surface area contributed by atoms with Gasteiger partial charge < -0.3 is 0 Å². The van der Waals surface area contributed by atoms with Gasteiger partial charge in [0, 0.05) is 0 Å². The van der Waals surface area contributed by atoms with Crippen LogP contribution in [0.25, 0.3) is 21.5 Å². The zero-order chi connectivity index (χ0) is 16.0. The van der Waals surface area contributed by atoms with Gasteiger partial charge in [0.15, 0.2) is 0 Å². The van der Waals surface area contributed by atoms with Gasteiger partial charge in [0.05, 0.1) is 6.42 Å². The maximum absolute atomic E-state index is 12.9. The van der Waals surface area contributed by atoms with Crippen LogP contribution in [0.1, 0.15) is 36.3 Å². The van der Waals surface area contributed by atoms with E-state index < -0.39 is 18.5 Å². The van der Waals surface area contributed by atoms with Crippen molar-refractivity contribution in [1.29, 1.82) is 0 Å². The number of rotatable bonds is 1. The molecule has 1 aliphatic rings. The summed E-state index contributed by atoms with van der Waals surface area (Å²) >= 11 is 0. The molecule has 118 valence electrons. The molecular formula is C20H17F3. The van der Waals surface area contributed by atoms with Crippen molar-refractivity contribution in [3.05, 3.63) is 59.7 Å². The molecule has 0 aliphatic heterocycles. The van der Waals surface area contributed by atoms with Crippen LogP contribution in [0.4, 0.5) is 13.2 Å². The largest absolute Gasteiger partial charge is 0.389 e. The fourth-order valence-corrected chi connectivity index (χ4v) is 4.00. The first kappa shape index (κ1) is 14.6. The van der Waals surface area contributed by atoms with E-state index >= 15 is 0 Å². The van der Waals surface area contributed by atoms with Crippen LogP contribution < -0.4 is 0 Å². The third kappa shape index (κ3) is 2.58. The summed E-state index contributed by atoms with van der Waals surface area (Å²) in [6.45, 7) is 0. The van der Waals surface area contributed by atoms with Crippen LogP contribution in [-0.2, 0) is 6.42 Å². The van der Waals surface area contributed by atoms with E-state index in [1.165, 1.54) is 10.8 Å². The molecule has 0 bridgehead atoms. The highest BCUT2D eigenvalue weighted by Gasteiger charge is 2.34. The molecule has 0 saturated heterocycles. The van der Waals surface area contributed by atoms with Gasteiger partial charge in [-0.3, -0.25) is 0 Å².